The van der Waals surface area contributed by atoms with Crippen molar-refractivity contribution in [3.05, 3.63) is 92.5 Å². The molecular formula is C34H45B2BrClN5O6S2. The average Bonchev–Trinajstić information content (AvgIpc) is 3.04. The molecule has 17 heteroatoms. The third-order valence-corrected chi connectivity index (χ3v) is 11.0. The molecule has 2 radical (unpaired) electrons. The molecule has 274 valence electrons. The van der Waals surface area contributed by atoms with Crippen LogP contribution in [0.25, 0.3) is 0 Å². The van der Waals surface area contributed by atoms with Gasteiger partial charge < -0.3 is 24.5 Å². The Balaban J connectivity index is 0.000000206. The van der Waals surface area contributed by atoms with Crippen LogP contribution in [-0.4, -0.2) is 85.8 Å². The Morgan fingerprint density at radius 1 is 0.706 bits per heavy atom. The minimum Gasteiger partial charge on any atom is -0.333 e. The lowest BCUT2D eigenvalue weighted by atomic mass is 9.83. The number of benzene rings is 3. The van der Waals surface area contributed by atoms with Gasteiger partial charge in [-0.1, -0.05) is 52.3 Å². The van der Waals surface area contributed by atoms with Gasteiger partial charge in [0.2, 0.25) is 20.0 Å². The maximum absolute atomic E-state index is 11.4. The van der Waals surface area contributed by atoms with Crippen LogP contribution in [0.1, 0.15) is 72.3 Å². The Morgan fingerprint density at radius 3 is 1.63 bits per heavy atom. The molecule has 0 fully saturated rings. The van der Waals surface area contributed by atoms with Crippen LogP contribution in [0.5, 0.6) is 0 Å². The van der Waals surface area contributed by atoms with Crippen LogP contribution in [0.4, 0.5) is 11.4 Å². The van der Waals surface area contributed by atoms with Crippen molar-refractivity contribution in [1.82, 2.24) is 14.9 Å². The zero-order valence-electron chi connectivity index (χ0n) is 29.4. The molecule has 6 rings (SSSR count). The van der Waals surface area contributed by atoms with Crippen molar-refractivity contribution in [1.29, 1.82) is 0 Å². The molecule has 3 aromatic carbocycles. The van der Waals surface area contributed by atoms with Crippen LogP contribution >= 0.6 is 28.3 Å². The summed E-state index contributed by atoms with van der Waals surface area (Å²) in [6.45, 7) is 8.72. The van der Waals surface area contributed by atoms with Crippen LogP contribution in [-0.2, 0) is 48.9 Å². The van der Waals surface area contributed by atoms with E-state index >= 15 is 0 Å². The summed E-state index contributed by atoms with van der Waals surface area (Å²) in [6, 6.07) is 18.2. The zero-order chi connectivity index (χ0) is 36.6. The van der Waals surface area contributed by atoms with Gasteiger partial charge in [0.1, 0.15) is 0 Å². The predicted molar refractivity (Wildman–Crippen MR) is 214 cm³/mol. The molecule has 0 saturated carbocycles. The summed E-state index contributed by atoms with van der Waals surface area (Å²) in [4.78, 5) is 25.1. The first-order valence-electron chi connectivity index (χ1n) is 16.4. The fraction of sp³-hybridized carbons (Fsp3) is 0.412. The van der Waals surface area contributed by atoms with Gasteiger partial charge in [0, 0.05) is 22.6 Å². The van der Waals surface area contributed by atoms with E-state index in [1.165, 1.54) is 34.8 Å². The maximum Gasteiger partial charge on any atom is 0.293 e. The normalized spacial score (nSPS) is 19.8. The standard InChI is InChI=1S/C12H16BN2O3S.C11H12BBrNO.C11H16N2O2S.ClH/c1-9-10-4-3-5-12(14-19(2,17)18)11(10)6-7-15(9)13-8-16;1-8-9-3-2-4-11(13)10(9)5-6-14(8)12-7-15;1-8-9-4-3-5-11(13-16(2,14)15)10(9)6-7-12-8;/h3-5,8-9,14H,6-7H2,1-2H3;2-4,7-8H,5-6H2,1H3;3-5,8,12-13H,6-7H2,1-2H3;1H/t;2*8-;/m.00./s1. The van der Waals surface area contributed by atoms with E-state index in [0.717, 1.165) is 61.2 Å². The highest BCUT2D eigenvalue weighted by Gasteiger charge is 2.27. The van der Waals surface area contributed by atoms with Gasteiger partial charge in [-0.05, 0) is 111 Å². The summed E-state index contributed by atoms with van der Waals surface area (Å²) in [6.07, 6.45) is 6.52. The van der Waals surface area contributed by atoms with Crippen LogP contribution in [0, 0.1) is 0 Å². The highest BCUT2D eigenvalue weighted by atomic mass is 79.9. The predicted octanol–water partition coefficient (Wildman–Crippen LogP) is 4.65. The van der Waals surface area contributed by atoms with E-state index in [0.29, 0.717) is 24.3 Å². The number of hydrogen-bond acceptors (Lipinski definition) is 9. The Hall–Kier alpha value is -2.72. The molecule has 3 atom stereocenters. The summed E-state index contributed by atoms with van der Waals surface area (Å²) in [5.41, 5.74) is 8.40. The SMILES string of the molecule is CC1c2cccc(NS(C)(=O)=O)c2CCN1[B]C=O.C[C@@H]1NCCc2c(NS(C)(=O)=O)cccc21.C[C@H]1c2cccc(Br)c2CCN1[B]C=O.Cl. The van der Waals surface area contributed by atoms with Gasteiger partial charge in [-0.2, -0.15) is 0 Å². The topological polar surface area (TPSA) is 145 Å². The number of halogens is 2. The van der Waals surface area contributed by atoms with Gasteiger partial charge in [-0.15, -0.1) is 12.4 Å². The van der Waals surface area contributed by atoms with Crippen LogP contribution < -0.4 is 14.8 Å². The smallest absolute Gasteiger partial charge is 0.293 e. The number of hydrogen-bond donors (Lipinski definition) is 3. The number of carbonyl (C=O) groups is 2. The van der Waals surface area contributed by atoms with Crippen molar-refractivity contribution >= 4 is 87.0 Å². The zero-order valence-corrected chi connectivity index (χ0v) is 33.5. The second kappa shape index (κ2) is 18.9. The van der Waals surface area contributed by atoms with Crippen molar-refractivity contribution in [3.8, 4) is 0 Å². The molecule has 3 heterocycles. The van der Waals surface area contributed by atoms with Crippen molar-refractivity contribution in [2.24, 2.45) is 0 Å². The molecule has 0 saturated heterocycles. The number of nitrogens with one attached hydrogen (secondary N) is 3. The molecule has 0 amide bonds. The second-order valence-electron chi connectivity index (χ2n) is 12.6. The number of anilines is 2. The summed E-state index contributed by atoms with van der Waals surface area (Å²) in [5, 5.41) is 3.35. The lowest BCUT2D eigenvalue weighted by Crippen LogP contribution is -2.37. The van der Waals surface area contributed by atoms with Crippen molar-refractivity contribution in [2.45, 2.75) is 58.2 Å². The molecule has 0 aliphatic carbocycles. The lowest BCUT2D eigenvalue weighted by molar-refractivity contribution is 0.342. The summed E-state index contributed by atoms with van der Waals surface area (Å²) >= 11 is 3.57. The van der Waals surface area contributed by atoms with Gasteiger partial charge in [-0.3, -0.25) is 9.44 Å². The van der Waals surface area contributed by atoms with Crippen LogP contribution in [0.2, 0.25) is 0 Å². The summed E-state index contributed by atoms with van der Waals surface area (Å²) in [5.74, 6) is 0. The third-order valence-electron chi connectivity index (χ3n) is 9.10. The number of sulfonamides is 2. The van der Waals surface area contributed by atoms with Gasteiger partial charge in [0.25, 0.3) is 14.8 Å². The van der Waals surface area contributed by atoms with Crippen molar-refractivity contribution in [3.63, 3.8) is 0 Å². The van der Waals surface area contributed by atoms with E-state index in [1.807, 2.05) is 48.1 Å². The van der Waals surface area contributed by atoms with E-state index in [4.69, 9.17) is 0 Å². The van der Waals surface area contributed by atoms with Crippen LogP contribution in [0.15, 0.2) is 59.1 Å². The fourth-order valence-corrected chi connectivity index (χ4v) is 8.46. The van der Waals surface area contributed by atoms with E-state index in [-0.39, 0.29) is 30.5 Å². The molecule has 0 spiro atoms. The summed E-state index contributed by atoms with van der Waals surface area (Å²) < 4.78 is 51.5. The molecule has 1 unspecified atom stereocenters. The molecule has 0 aromatic heterocycles. The number of nitrogens with zero attached hydrogens (tertiary/aromatic N) is 2. The third kappa shape index (κ3) is 11.6. The molecule has 0 bridgehead atoms. The molecule has 3 aliphatic heterocycles. The van der Waals surface area contributed by atoms with Crippen molar-refractivity contribution < 1.29 is 26.4 Å². The van der Waals surface area contributed by atoms with E-state index in [2.05, 4.69) is 61.5 Å². The van der Waals surface area contributed by atoms with Crippen LogP contribution in [0.3, 0.4) is 0 Å². The van der Waals surface area contributed by atoms with Gasteiger partial charge >= 0.3 is 0 Å². The molecule has 3 aliphatic rings. The maximum atomic E-state index is 11.4. The highest BCUT2D eigenvalue weighted by molar-refractivity contribution is 9.10. The minimum atomic E-state index is -3.28. The number of rotatable bonds is 8. The first-order valence-corrected chi connectivity index (χ1v) is 21.0. The molecule has 51 heavy (non-hydrogen) atoms. The first kappa shape index (κ1) is 42.7. The highest BCUT2D eigenvalue weighted by Crippen LogP contribution is 2.34. The number of carbonyl (C=O) groups excluding carboxylic acids is 2. The molecule has 3 N–H and O–H groups in total. The quantitative estimate of drug-likeness (QED) is 0.219. The molecule has 3 aromatic rings. The Bertz CT molecular complexity index is 1910. The van der Waals surface area contributed by atoms with E-state index in [1.54, 1.807) is 13.5 Å². The molecule has 11 nitrogen and oxygen atoms in total. The van der Waals surface area contributed by atoms with Gasteiger partial charge in [0.05, 0.1) is 36.3 Å². The monoisotopic (exact) mass is 819 g/mol. The number of fused-ring (bicyclic) bond motifs is 3. The largest absolute Gasteiger partial charge is 0.333 e. The Labute approximate surface area is 318 Å². The Morgan fingerprint density at radius 2 is 1.14 bits per heavy atom. The molecular weight excluding hydrogens is 776 g/mol. The van der Waals surface area contributed by atoms with Gasteiger partial charge in [0.15, 0.2) is 0 Å². The minimum absolute atomic E-state index is 0. The fourth-order valence-electron chi connectivity index (χ4n) is 6.70. The Kier molecular flexibility index (Phi) is 15.8. The second-order valence-corrected chi connectivity index (χ2v) is 17.0. The van der Waals surface area contributed by atoms with Gasteiger partial charge in [-0.25, -0.2) is 16.8 Å². The summed E-state index contributed by atoms with van der Waals surface area (Å²) in [7, 11) is -3.31. The average molecular weight is 821 g/mol. The van der Waals surface area contributed by atoms with E-state index in [9.17, 15) is 26.4 Å². The van der Waals surface area contributed by atoms with Crippen molar-refractivity contribution in [2.75, 3.05) is 41.6 Å². The van der Waals surface area contributed by atoms with E-state index < -0.39 is 20.0 Å². The first-order chi connectivity index (χ1) is 23.6. The lowest BCUT2D eigenvalue weighted by Gasteiger charge is -2.34.